The summed E-state index contributed by atoms with van der Waals surface area (Å²) < 4.78 is 4.59. The van der Waals surface area contributed by atoms with Crippen molar-refractivity contribution in [3.8, 4) is 11.5 Å². The van der Waals surface area contributed by atoms with Crippen LogP contribution in [-0.2, 0) is 60.8 Å². The quantitative estimate of drug-likeness (QED) is 0.0796. The highest BCUT2D eigenvalue weighted by Gasteiger charge is 2.43. The monoisotopic (exact) mass is 1150 g/mol. The van der Waals surface area contributed by atoms with Gasteiger partial charge in [0.2, 0.25) is 59.1 Å². The standard InChI is InChI=1S/C54H79N11O13S2/c1-5-30(2)44-51(75)64-45(31(3)66)52(76)61-39(27-42(56)68)48(72)62-40(29-79-80-54(21-7-6-8-22-54)28-43(69)58-38(49(73)63-44)26-33-15-19-35(78-4)20-16-33)53(77)65-24-10-12-41(65)50(74)59-36(11-9-23-55)47(71)60-37(46(57)70)25-32-13-17-34(67)18-14-32/h13-20,30-31,36-41,44-45,66-67H,5-12,21-29,55H2,1-4H3,(H2,56,68)(H2,57,70)(H,58,69)(H,59,74)(H,60,71)(H,61,76)(H,62,72)(H,63,73)(H,64,75)/t30?,31-,36+,37+,38+,39+,40+,41+,44?,45?/m1/s1. The maximum Gasteiger partial charge on any atom is 0.246 e. The van der Waals surface area contributed by atoms with E-state index in [4.69, 9.17) is 21.9 Å². The van der Waals surface area contributed by atoms with Gasteiger partial charge in [-0.3, -0.25) is 47.9 Å². The van der Waals surface area contributed by atoms with Crippen LogP contribution in [-0.4, -0.2) is 159 Å². The third-order valence-electron chi connectivity index (χ3n) is 14.7. The smallest absolute Gasteiger partial charge is 0.246 e. The van der Waals surface area contributed by atoms with Crippen LogP contribution in [0.2, 0.25) is 0 Å². The average molecular weight is 1150 g/mol. The summed E-state index contributed by atoms with van der Waals surface area (Å²) in [6, 6.07) is 1.83. The number of ether oxygens (including phenoxy) is 1. The van der Waals surface area contributed by atoms with Crippen molar-refractivity contribution in [2.24, 2.45) is 23.1 Å². The fourth-order valence-corrected chi connectivity index (χ4v) is 13.3. The number of carbonyl (C=O) groups excluding carboxylic acids is 10. The van der Waals surface area contributed by atoms with Crippen LogP contribution in [0.25, 0.3) is 0 Å². The summed E-state index contributed by atoms with van der Waals surface area (Å²) >= 11 is 0. The molecule has 0 radical (unpaired) electrons. The third-order valence-corrected chi connectivity index (χ3v) is 18.0. The Bertz CT molecular complexity index is 2500. The maximum absolute atomic E-state index is 15.0. The first-order valence-electron chi connectivity index (χ1n) is 27.2. The number of likely N-dealkylation sites (tertiary alicyclic amines) is 1. The highest BCUT2D eigenvalue weighted by atomic mass is 33.1. The molecule has 24 nitrogen and oxygen atoms in total. The molecule has 3 unspecified atom stereocenters. The summed E-state index contributed by atoms with van der Waals surface area (Å²) in [5.74, 6) is -8.38. The Morgan fingerprint density at radius 1 is 0.800 bits per heavy atom. The number of phenols is 1. The van der Waals surface area contributed by atoms with Gasteiger partial charge < -0.3 is 74.3 Å². The van der Waals surface area contributed by atoms with Crippen molar-refractivity contribution in [3.63, 3.8) is 0 Å². The Labute approximate surface area is 473 Å². The SMILES string of the molecule is CCC(C)C1NC(=O)[C@H](Cc2ccc(OC)cc2)NC(=O)CC2(CCCCC2)SSC[C@@H](C(=O)N2CCC[C@H]2C(=O)N[C@@H](CCCN)C(=O)N[C@@H](Cc2ccc(O)cc2)C(N)=O)NC(=O)[C@H](CC(N)=O)NC(=O)C([C@@H](C)O)NC1=O. The van der Waals surface area contributed by atoms with Gasteiger partial charge in [-0.25, -0.2) is 0 Å². The zero-order valence-electron chi connectivity index (χ0n) is 45.8. The van der Waals surface area contributed by atoms with Crippen molar-refractivity contribution < 1.29 is 62.9 Å². The van der Waals surface area contributed by atoms with Gasteiger partial charge in [0.25, 0.3) is 0 Å². The van der Waals surface area contributed by atoms with E-state index in [9.17, 15) is 58.2 Å². The lowest BCUT2D eigenvalue weighted by Crippen LogP contribution is -2.63. The molecule has 0 bridgehead atoms. The molecule has 5 rings (SSSR count). The van der Waals surface area contributed by atoms with Gasteiger partial charge in [-0.2, -0.15) is 0 Å². The number of aromatic hydroxyl groups is 1. The first-order chi connectivity index (χ1) is 38.1. The first-order valence-corrected chi connectivity index (χ1v) is 29.5. The summed E-state index contributed by atoms with van der Waals surface area (Å²) in [5.41, 5.74) is 18.3. The van der Waals surface area contributed by atoms with Crippen LogP contribution in [0.5, 0.6) is 11.5 Å². The molecule has 15 N–H and O–H groups in total. The molecule has 1 aliphatic carbocycles. The molecule has 10 amide bonds. The van der Waals surface area contributed by atoms with Crippen LogP contribution >= 0.6 is 21.6 Å². The van der Waals surface area contributed by atoms with E-state index in [0.29, 0.717) is 42.6 Å². The molecule has 2 aliphatic heterocycles. The number of nitrogens with zero attached hydrogens (tertiary/aromatic N) is 1. The normalized spacial score (nSPS) is 24.0. The number of amides is 10. The van der Waals surface area contributed by atoms with E-state index in [2.05, 4.69) is 37.2 Å². The maximum atomic E-state index is 15.0. The summed E-state index contributed by atoms with van der Waals surface area (Å²) in [6.45, 7) is 4.88. The Kier molecular flexibility index (Phi) is 24.7. The number of hydrogen-bond acceptors (Lipinski definition) is 16. The molecule has 0 aromatic heterocycles. The van der Waals surface area contributed by atoms with Crippen molar-refractivity contribution in [1.82, 2.24) is 42.1 Å². The van der Waals surface area contributed by atoms with Gasteiger partial charge in [0.15, 0.2) is 0 Å². The number of nitrogens with one attached hydrogen (secondary N) is 7. The van der Waals surface area contributed by atoms with Crippen LogP contribution in [0, 0.1) is 5.92 Å². The molecule has 2 aromatic carbocycles. The zero-order valence-corrected chi connectivity index (χ0v) is 47.4. The van der Waals surface area contributed by atoms with Crippen molar-refractivity contribution in [2.75, 3.05) is 26.0 Å². The Morgan fingerprint density at radius 3 is 2.05 bits per heavy atom. The minimum Gasteiger partial charge on any atom is -0.508 e. The second-order valence-electron chi connectivity index (χ2n) is 20.9. The van der Waals surface area contributed by atoms with E-state index >= 15 is 0 Å². The Hall–Kier alpha value is -6.64. The van der Waals surface area contributed by atoms with Crippen molar-refractivity contribution >= 4 is 80.7 Å². The number of carbonyl (C=O) groups is 10. The van der Waals surface area contributed by atoms with Crippen LogP contribution < -0.4 is 59.2 Å². The van der Waals surface area contributed by atoms with Crippen molar-refractivity contribution in [3.05, 3.63) is 59.7 Å². The van der Waals surface area contributed by atoms with Crippen LogP contribution in [0.15, 0.2) is 48.5 Å². The van der Waals surface area contributed by atoms with Gasteiger partial charge in [0.1, 0.15) is 59.8 Å². The highest BCUT2D eigenvalue weighted by Crippen LogP contribution is 2.48. The molecule has 1 spiro atoms. The summed E-state index contributed by atoms with van der Waals surface area (Å²) in [4.78, 5) is 141. The summed E-state index contributed by atoms with van der Waals surface area (Å²) in [5, 5.41) is 39.3. The molecule has 440 valence electrons. The Balaban J connectivity index is 1.48. The fraction of sp³-hybridized carbons (Fsp3) is 0.593. The molecular weight excluding hydrogens is 1070 g/mol. The number of primary amides is 2. The molecule has 1 saturated carbocycles. The number of hydrogen-bond donors (Lipinski definition) is 12. The van der Waals surface area contributed by atoms with Crippen molar-refractivity contribution in [1.29, 1.82) is 0 Å². The molecule has 3 aliphatic rings. The second kappa shape index (κ2) is 30.8. The first kappa shape index (κ1) is 64.2. The van der Waals surface area contributed by atoms with Gasteiger partial charge in [0.05, 0.1) is 19.6 Å². The van der Waals surface area contributed by atoms with E-state index in [1.165, 1.54) is 52.7 Å². The molecule has 10 atom stereocenters. The number of aliphatic hydroxyl groups excluding tert-OH is 1. The zero-order chi connectivity index (χ0) is 58.7. The summed E-state index contributed by atoms with van der Waals surface area (Å²) in [6.07, 6.45) is 2.33. The predicted molar refractivity (Wildman–Crippen MR) is 300 cm³/mol. The number of rotatable bonds is 19. The number of benzene rings is 2. The molecule has 26 heteroatoms. The van der Waals surface area contributed by atoms with Crippen molar-refractivity contribution in [2.45, 2.75) is 170 Å². The van der Waals surface area contributed by atoms with Crippen LogP contribution in [0.3, 0.4) is 0 Å². The molecule has 2 saturated heterocycles. The lowest BCUT2D eigenvalue weighted by Gasteiger charge is -2.37. The van der Waals surface area contributed by atoms with Gasteiger partial charge >= 0.3 is 0 Å². The minimum atomic E-state index is -1.76. The molecule has 2 heterocycles. The minimum absolute atomic E-state index is 0.00521. The molecule has 80 heavy (non-hydrogen) atoms. The Morgan fingerprint density at radius 2 is 1.44 bits per heavy atom. The average Bonchev–Trinajstić information content (AvgIpc) is 3.93. The van der Waals surface area contributed by atoms with Gasteiger partial charge in [-0.1, -0.05) is 85.4 Å². The van der Waals surface area contributed by atoms with Crippen LogP contribution in [0.1, 0.15) is 109 Å². The topological polar surface area (TPSA) is 386 Å². The highest BCUT2D eigenvalue weighted by molar-refractivity contribution is 8.77. The lowest BCUT2D eigenvalue weighted by atomic mass is 9.85. The van der Waals surface area contributed by atoms with E-state index in [1.807, 2.05) is 0 Å². The molecule has 3 fully saturated rings. The second-order valence-corrected chi connectivity index (χ2v) is 23.7. The lowest BCUT2D eigenvalue weighted by molar-refractivity contribution is -0.142. The number of phenolic OH excluding ortho intramolecular Hbond substituents is 1. The summed E-state index contributed by atoms with van der Waals surface area (Å²) in [7, 11) is 4.05. The molecule has 2 aromatic rings. The van der Waals surface area contributed by atoms with E-state index < -0.39 is 131 Å². The van der Waals surface area contributed by atoms with E-state index in [-0.39, 0.29) is 63.1 Å². The van der Waals surface area contributed by atoms with Gasteiger partial charge in [0, 0.05) is 36.3 Å². The van der Waals surface area contributed by atoms with Gasteiger partial charge in [-0.05, 0) is 93.3 Å². The van der Waals surface area contributed by atoms with Crippen LogP contribution in [0.4, 0.5) is 0 Å². The number of methoxy groups -OCH3 is 1. The van der Waals surface area contributed by atoms with E-state index in [1.54, 1.807) is 50.2 Å². The number of aliphatic hydroxyl groups is 1. The number of nitrogens with two attached hydrogens (primary N) is 3. The largest absolute Gasteiger partial charge is 0.508 e. The van der Waals surface area contributed by atoms with Gasteiger partial charge in [-0.15, -0.1) is 0 Å². The fourth-order valence-electron chi connectivity index (χ4n) is 9.91. The predicted octanol–water partition coefficient (Wildman–Crippen LogP) is -0.415. The molecular formula is C54H79N11O13S2. The van der Waals surface area contributed by atoms with E-state index in [0.717, 1.165) is 19.3 Å². The third kappa shape index (κ3) is 18.7.